The molecule has 0 radical (unpaired) electrons. The normalized spacial score (nSPS) is 16.2. The molecule has 0 heterocycles. The van der Waals surface area contributed by atoms with E-state index in [0.29, 0.717) is 12.5 Å². The smallest absolute Gasteiger partial charge is 0.345 e. The fraction of sp³-hybridized carbons (Fsp3) is 0.529. The summed E-state index contributed by atoms with van der Waals surface area (Å²) >= 11 is 0. The molecule has 0 aromatic heterocycles. The van der Waals surface area contributed by atoms with Crippen molar-refractivity contribution < 1.29 is 19.2 Å². The van der Waals surface area contributed by atoms with Crippen molar-refractivity contribution in [1.29, 1.82) is 0 Å². The van der Waals surface area contributed by atoms with Crippen LogP contribution in [0.3, 0.4) is 0 Å². The second kappa shape index (κ2) is 8.42. The maximum atomic E-state index is 12.1. The fourth-order valence-corrected chi connectivity index (χ4v) is 2.86. The van der Waals surface area contributed by atoms with Crippen LogP contribution in [0.2, 0.25) is 0 Å². The molecule has 7 nitrogen and oxygen atoms in total. The largest absolute Gasteiger partial charge is 0.449 e. The quantitative estimate of drug-likeness (QED) is 0.490. The second-order valence-electron chi connectivity index (χ2n) is 6.07. The van der Waals surface area contributed by atoms with Gasteiger partial charge in [0.2, 0.25) is 0 Å². The maximum absolute atomic E-state index is 12.1. The summed E-state index contributed by atoms with van der Waals surface area (Å²) in [6.45, 7) is 2.04. The first-order valence-electron chi connectivity index (χ1n) is 8.21. The van der Waals surface area contributed by atoms with E-state index in [0.717, 1.165) is 12.8 Å². The molecule has 2 rings (SSSR count). The van der Waals surface area contributed by atoms with Gasteiger partial charge in [-0.2, -0.15) is 0 Å². The van der Waals surface area contributed by atoms with Gasteiger partial charge in [-0.1, -0.05) is 31.4 Å². The van der Waals surface area contributed by atoms with E-state index in [1.54, 1.807) is 0 Å². The Kier molecular flexibility index (Phi) is 6.28. The first-order chi connectivity index (χ1) is 11.5. The average molecular weight is 334 g/mol. The predicted molar refractivity (Wildman–Crippen MR) is 87.6 cm³/mol. The molecule has 1 aliphatic rings. The Bertz CT molecular complexity index is 611. The highest BCUT2D eigenvalue weighted by atomic mass is 16.6. The number of nitro groups is 1. The third-order valence-electron chi connectivity index (χ3n) is 4.26. The van der Waals surface area contributed by atoms with Crippen molar-refractivity contribution in [2.24, 2.45) is 5.92 Å². The number of para-hydroxylation sites is 1. The van der Waals surface area contributed by atoms with Gasteiger partial charge in [0, 0.05) is 12.6 Å². The number of hydrogen-bond donors (Lipinski definition) is 1. The van der Waals surface area contributed by atoms with Crippen LogP contribution in [0.25, 0.3) is 0 Å². The van der Waals surface area contributed by atoms with Crippen molar-refractivity contribution in [2.75, 3.05) is 6.54 Å². The molecule has 1 amide bonds. The van der Waals surface area contributed by atoms with E-state index in [1.165, 1.54) is 50.5 Å². The van der Waals surface area contributed by atoms with Gasteiger partial charge in [0.15, 0.2) is 6.10 Å². The number of nitrogens with zero attached hydrogens (tertiary/aromatic N) is 1. The standard InChI is InChI=1S/C17H22N2O5/c1-12(16(20)18-11-13-7-3-2-4-8-13)24-17(21)14-9-5-6-10-15(14)19(22)23/h5-6,9-10,12-13H,2-4,7-8,11H2,1H3,(H,18,20). The van der Waals surface area contributed by atoms with E-state index >= 15 is 0 Å². The van der Waals surface area contributed by atoms with Crippen molar-refractivity contribution in [3.8, 4) is 0 Å². The van der Waals surface area contributed by atoms with Crippen molar-refractivity contribution in [2.45, 2.75) is 45.1 Å². The van der Waals surface area contributed by atoms with Crippen LogP contribution in [-0.2, 0) is 9.53 Å². The third-order valence-corrected chi connectivity index (χ3v) is 4.26. The summed E-state index contributed by atoms with van der Waals surface area (Å²) < 4.78 is 5.07. The molecule has 1 aromatic carbocycles. The van der Waals surface area contributed by atoms with Crippen LogP contribution in [-0.4, -0.2) is 29.4 Å². The summed E-state index contributed by atoms with van der Waals surface area (Å²) in [5.74, 6) is -0.782. The number of ether oxygens (including phenoxy) is 1. The number of nitrogens with one attached hydrogen (secondary N) is 1. The van der Waals surface area contributed by atoms with Gasteiger partial charge in [0.05, 0.1) is 4.92 Å². The molecular weight excluding hydrogens is 312 g/mol. The van der Waals surface area contributed by atoms with Crippen LogP contribution in [0.5, 0.6) is 0 Å². The molecule has 1 atom stereocenters. The Morgan fingerprint density at radius 2 is 1.96 bits per heavy atom. The number of carbonyl (C=O) groups is 2. The first kappa shape index (κ1) is 17.9. The highest BCUT2D eigenvalue weighted by Crippen LogP contribution is 2.23. The summed E-state index contributed by atoms with van der Waals surface area (Å²) in [5.41, 5.74) is -0.494. The average Bonchev–Trinajstić information content (AvgIpc) is 2.60. The van der Waals surface area contributed by atoms with Crippen LogP contribution in [0.15, 0.2) is 24.3 Å². The topological polar surface area (TPSA) is 98.5 Å². The van der Waals surface area contributed by atoms with Crippen molar-refractivity contribution in [3.63, 3.8) is 0 Å². The van der Waals surface area contributed by atoms with E-state index < -0.39 is 17.0 Å². The van der Waals surface area contributed by atoms with Crippen LogP contribution in [0.1, 0.15) is 49.4 Å². The van der Waals surface area contributed by atoms with Crippen molar-refractivity contribution in [1.82, 2.24) is 5.32 Å². The van der Waals surface area contributed by atoms with Gasteiger partial charge in [-0.3, -0.25) is 14.9 Å². The van der Waals surface area contributed by atoms with Gasteiger partial charge in [-0.05, 0) is 31.7 Å². The van der Waals surface area contributed by atoms with Gasteiger partial charge >= 0.3 is 5.97 Å². The molecule has 1 aromatic rings. The highest BCUT2D eigenvalue weighted by Gasteiger charge is 2.25. The second-order valence-corrected chi connectivity index (χ2v) is 6.07. The molecule has 1 aliphatic carbocycles. The Hall–Kier alpha value is -2.44. The molecule has 130 valence electrons. The Labute approximate surface area is 140 Å². The van der Waals surface area contributed by atoms with Crippen LogP contribution in [0, 0.1) is 16.0 Å². The minimum Gasteiger partial charge on any atom is -0.449 e. The molecule has 1 unspecified atom stereocenters. The van der Waals surface area contributed by atoms with E-state index in [9.17, 15) is 19.7 Å². The van der Waals surface area contributed by atoms with E-state index in [-0.39, 0.29) is 17.2 Å². The van der Waals surface area contributed by atoms with Gasteiger partial charge < -0.3 is 10.1 Å². The summed E-state index contributed by atoms with van der Waals surface area (Å²) in [6, 6.07) is 5.52. The van der Waals surface area contributed by atoms with E-state index in [2.05, 4.69) is 5.32 Å². The Balaban J connectivity index is 1.88. The summed E-state index contributed by atoms with van der Waals surface area (Å²) in [6.07, 6.45) is 4.82. The zero-order chi connectivity index (χ0) is 17.5. The number of hydrogen-bond acceptors (Lipinski definition) is 5. The number of esters is 1. The summed E-state index contributed by atoms with van der Waals surface area (Å²) in [7, 11) is 0. The van der Waals surface area contributed by atoms with Gasteiger partial charge in [0.1, 0.15) is 5.56 Å². The first-order valence-corrected chi connectivity index (χ1v) is 8.21. The lowest BCUT2D eigenvalue weighted by molar-refractivity contribution is -0.385. The number of carbonyl (C=O) groups excluding carboxylic acids is 2. The van der Waals surface area contributed by atoms with Crippen LogP contribution in [0.4, 0.5) is 5.69 Å². The zero-order valence-electron chi connectivity index (χ0n) is 13.7. The Morgan fingerprint density at radius 1 is 1.29 bits per heavy atom. The number of nitro benzene ring substituents is 1. The summed E-state index contributed by atoms with van der Waals surface area (Å²) in [4.78, 5) is 34.4. The summed E-state index contributed by atoms with van der Waals surface area (Å²) in [5, 5.41) is 13.7. The molecule has 1 N–H and O–H groups in total. The molecule has 7 heteroatoms. The van der Waals surface area contributed by atoms with Crippen molar-refractivity contribution in [3.05, 3.63) is 39.9 Å². The lowest BCUT2D eigenvalue weighted by atomic mass is 9.89. The van der Waals surface area contributed by atoms with Crippen LogP contribution >= 0.6 is 0 Å². The van der Waals surface area contributed by atoms with Crippen molar-refractivity contribution >= 4 is 17.6 Å². The molecular formula is C17H22N2O5. The molecule has 1 fully saturated rings. The lowest BCUT2D eigenvalue weighted by Crippen LogP contribution is -2.38. The minimum absolute atomic E-state index is 0.158. The number of rotatable bonds is 6. The number of amides is 1. The molecule has 0 aliphatic heterocycles. The molecule has 0 saturated heterocycles. The number of benzene rings is 1. The van der Waals surface area contributed by atoms with Crippen LogP contribution < -0.4 is 5.32 Å². The predicted octanol–water partition coefficient (Wildman–Crippen LogP) is 2.84. The van der Waals surface area contributed by atoms with Gasteiger partial charge in [-0.15, -0.1) is 0 Å². The van der Waals surface area contributed by atoms with Gasteiger partial charge in [0.25, 0.3) is 11.6 Å². The van der Waals surface area contributed by atoms with Gasteiger partial charge in [-0.25, -0.2) is 4.79 Å². The Morgan fingerprint density at radius 3 is 2.62 bits per heavy atom. The third kappa shape index (κ3) is 4.78. The zero-order valence-corrected chi connectivity index (χ0v) is 13.7. The highest BCUT2D eigenvalue weighted by molar-refractivity contribution is 5.95. The molecule has 24 heavy (non-hydrogen) atoms. The lowest BCUT2D eigenvalue weighted by Gasteiger charge is -2.22. The molecule has 0 bridgehead atoms. The monoisotopic (exact) mass is 334 g/mol. The minimum atomic E-state index is -0.999. The SMILES string of the molecule is CC(OC(=O)c1ccccc1[N+](=O)[O-])C(=O)NCC1CCCCC1. The maximum Gasteiger partial charge on any atom is 0.345 e. The van der Waals surface area contributed by atoms with E-state index in [4.69, 9.17) is 4.74 Å². The molecule has 1 saturated carbocycles. The fourth-order valence-electron chi connectivity index (χ4n) is 2.86. The molecule has 0 spiro atoms. The van der Waals surface area contributed by atoms with E-state index in [1.807, 2.05) is 0 Å².